The Morgan fingerprint density at radius 2 is 2.05 bits per heavy atom. The third kappa shape index (κ3) is 2.44. The van der Waals surface area contributed by atoms with Gasteiger partial charge in [0.25, 0.3) is 0 Å². The summed E-state index contributed by atoms with van der Waals surface area (Å²) >= 11 is 5.95. The van der Waals surface area contributed by atoms with Crippen LogP contribution in [0.15, 0.2) is 42.5 Å². The molecule has 1 N–H and O–H groups in total. The van der Waals surface area contributed by atoms with Crippen LogP contribution in [0.3, 0.4) is 0 Å². The van der Waals surface area contributed by atoms with Gasteiger partial charge in [0.15, 0.2) is 0 Å². The molecule has 0 radical (unpaired) electrons. The van der Waals surface area contributed by atoms with Gasteiger partial charge >= 0.3 is 0 Å². The molecule has 2 nitrogen and oxygen atoms in total. The number of fused-ring (bicyclic) bond motifs is 1. The van der Waals surface area contributed by atoms with E-state index in [4.69, 9.17) is 16.3 Å². The van der Waals surface area contributed by atoms with Crippen molar-refractivity contribution in [2.24, 2.45) is 0 Å². The van der Waals surface area contributed by atoms with E-state index in [-0.39, 0.29) is 11.9 Å². The minimum absolute atomic E-state index is 0.317. The molecule has 0 saturated carbocycles. The number of hydrogen-bond acceptors (Lipinski definition) is 2. The molecule has 0 aliphatic carbocycles. The van der Waals surface area contributed by atoms with Crippen LogP contribution in [0.4, 0.5) is 4.39 Å². The molecule has 2 atom stereocenters. The average Bonchev–Trinajstić information content (AvgIpc) is 2.38. The van der Waals surface area contributed by atoms with Gasteiger partial charge in [-0.3, -0.25) is 0 Å². The lowest BCUT2D eigenvalue weighted by Gasteiger charge is -2.30. The van der Waals surface area contributed by atoms with Crippen molar-refractivity contribution >= 4 is 11.6 Å². The zero-order valence-corrected chi connectivity index (χ0v) is 10.8. The summed E-state index contributed by atoms with van der Waals surface area (Å²) in [5.74, 6) is 0.0152. The van der Waals surface area contributed by atoms with E-state index < -0.39 is 6.10 Å². The topological polar surface area (TPSA) is 29.5 Å². The highest BCUT2D eigenvalue weighted by atomic mass is 35.5. The second kappa shape index (κ2) is 4.83. The maximum Gasteiger partial charge on any atom is 0.128 e. The van der Waals surface area contributed by atoms with Crippen molar-refractivity contribution < 1.29 is 14.2 Å². The third-order valence-corrected chi connectivity index (χ3v) is 3.50. The quantitative estimate of drug-likeness (QED) is 0.853. The van der Waals surface area contributed by atoms with Crippen molar-refractivity contribution in [2.45, 2.75) is 18.6 Å². The lowest BCUT2D eigenvalue weighted by atomic mass is 9.95. The molecule has 0 fully saturated rings. The van der Waals surface area contributed by atoms with Crippen LogP contribution in [0.2, 0.25) is 5.02 Å². The summed E-state index contributed by atoms with van der Waals surface area (Å²) < 4.78 is 19.0. The monoisotopic (exact) mass is 278 g/mol. The molecule has 1 heterocycles. The third-order valence-electron chi connectivity index (χ3n) is 3.26. The van der Waals surface area contributed by atoms with E-state index in [1.807, 2.05) is 12.1 Å². The van der Waals surface area contributed by atoms with E-state index in [0.717, 1.165) is 5.56 Å². The van der Waals surface area contributed by atoms with E-state index in [2.05, 4.69) is 0 Å². The van der Waals surface area contributed by atoms with Gasteiger partial charge in [-0.25, -0.2) is 4.39 Å². The maximum absolute atomic E-state index is 13.2. The summed E-state index contributed by atoms with van der Waals surface area (Å²) in [6, 6.07) is 11.5. The van der Waals surface area contributed by atoms with Gasteiger partial charge in [0.1, 0.15) is 17.7 Å². The standard InChI is InChI=1S/C15H12ClFO2/c16-10-3-1-2-9(6-10)14-8-13(18)12-5-4-11(17)7-15(12)19-14/h1-7,13-14,18H,8H2/t13-,14?/m1/s1. The number of rotatable bonds is 1. The number of benzene rings is 2. The van der Waals surface area contributed by atoms with Crippen LogP contribution in [0.5, 0.6) is 5.75 Å². The van der Waals surface area contributed by atoms with Crippen molar-refractivity contribution in [3.63, 3.8) is 0 Å². The first-order valence-electron chi connectivity index (χ1n) is 6.03. The fraction of sp³-hybridized carbons (Fsp3) is 0.200. The molecule has 0 aromatic heterocycles. The predicted octanol–water partition coefficient (Wildman–Crippen LogP) is 4.04. The molecule has 1 aliphatic heterocycles. The molecule has 1 unspecified atom stereocenters. The smallest absolute Gasteiger partial charge is 0.128 e. The van der Waals surface area contributed by atoms with Crippen LogP contribution in [-0.2, 0) is 0 Å². The molecule has 0 saturated heterocycles. The van der Waals surface area contributed by atoms with Crippen LogP contribution in [0, 0.1) is 5.82 Å². The highest BCUT2D eigenvalue weighted by Gasteiger charge is 2.28. The van der Waals surface area contributed by atoms with Crippen molar-refractivity contribution in [3.05, 3.63) is 64.4 Å². The van der Waals surface area contributed by atoms with Crippen molar-refractivity contribution in [1.82, 2.24) is 0 Å². The lowest BCUT2D eigenvalue weighted by Crippen LogP contribution is -2.19. The first kappa shape index (κ1) is 12.5. The van der Waals surface area contributed by atoms with Crippen LogP contribution in [0.1, 0.15) is 29.8 Å². The second-order valence-corrected chi connectivity index (χ2v) is 5.03. The summed E-state index contributed by atoms with van der Waals surface area (Å²) in [5.41, 5.74) is 1.50. The Morgan fingerprint density at radius 1 is 1.21 bits per heavy atom. The average molecular weight is 279 g/mol. The number of ether oxygens (including phenoxy) is 1. The fourth-order valence-corrected chi connectivity index (χ4v) is 2.53. The number of aliphatic hydroxyl groups excluding tert-OH is 1. The Morgan fingerprint density at radius 3 is 2.84 bits per heavy atom. The zero-order chi connectivity index (χ0) is 13.4. The molecule has 1 aliphatic rings. The Kier molecular flexibility index (Phi) is 3.17. The first-order valence-corrected chi connectivity index (χ1v) is 6.41. The lowest BCUT2D eigenvalue weighted by molar-refractivity contribution is 0.0654. The minimum Gasteiger partial charge on any atom is -0.485 e. The molecule has 0 spiro atoms. The molecule has 4 heteroatoms. The van der Waals surface area contributed by atoms with E-state index in [1.165, 1.54) is 12.1 Å². The van der Waals surface area contributed by atoms with E-state index in [0.29, 0.717) is 22.8 Å². The molecule has 2 aromatic carbocycles. The summed E-state index contributed by atoms with van der Waals surface area (Å²) in [6.07, 6.45) is -0.546. The fourth-order valence-electron chi connectivity index (χ4n) is 2.33. The van der Waals surface area contributed by atoms with Gasteiger partial charge in [-0.05, 0) is 29.8 Å². The largest absolute Gasteiger partial charge is 0.485 e. The molecule has 0 amide bonds. The minimum atomic E-state index is -0.659. The Bertz CT molecular complexity index is 615. The van der Waals surface area contributed by atoms with Gasteiger partial charge in [0.2, 0.25) is 0 Å². The number of halogens is 2. The normalized spacial score (nSPS) is 21.6. The van der Waals surface area contributed by atoms with Gasteiger partial charge in [0, 0.05) is 23.1 Å². The summed E-state index contributed by atoms with van der Waals surface area (Å²) in [4.78, 5) is 0. The molecule has 2 aromatic rings. The number of hydrogen-bond donors (Lipinski definition) is 1. The Balaban J connectivity index is 1.96. The van der Waals surface area contributed by atoms with E-state index in [9.17, 15) is 9.50 Å². The van der Waals surface area contributed by atoms with Crippen molar-refractivity contribution in [2.75, 3.05) is 0 Å². The van der Waals surface area contributed by atoms with Crippen LogP contribution in [0.25, 0.3) is 0 Å². The predicted molar refractivity (Wildman–Crippen MR) is 70.8 cm³/mol. The molecule has 3 rings (SSSR count). The van der Waals surface area contributed by atoms with Gasteiger partial charge in [-0.15, -0.1) is 0 Å². The van der Waals surface area contributed by atoms with E-state index in [1.54, 1.807) is 18.2 Å². The summed E-state index contributed by atoms with van der Waals surface area (Å²) in [5, 5.41) is 10.7. The molecule has 98 valence electrons. The van der Waals surface area contributed by atoms with Gasteiger partial charge in [-0.2, -0.15) is 0 Å². The van der Waals surface area contributed by atoms with Gasteiger partial charge in [-0.1, -0.05) is 23.7 Å². The second-order valence-electron chi connectivity index (χ2n) is 4.60. The Labute approximate surface area is 115 Å². The first-order chi connectivity index (χ1) is 9.13. The van der Waals surface area contributed by atoms with Crippen LogP contribution >= 0.6 is 11.6 Å². The zero-order valence-electron chi connectivity index (χ0n) is 10.0. The Hall–Kier alpha value is -1.58. The van der Waals surface area contributed by atoms with Crippen molar-refractivity contribution in [3.8, 4) is 5.75 Å². The molecule has 0 bridgehead atoms. The van der Waals surface area contributed by atoms with Gasteiger partial charge < -0.3 is 9.84 Å². The summed E-state index contributed by atoms with van der Waals surface area (Å²) in [7, 11) is 0. The van der Waals surface area contributed by atoms with Crippen LogP contribution in [-0.4, -0.2) is 5.11 Å². The highest BCUT2D eigenvalue weighted by molar-refractivity contribution is 6.30. The summed E-state index contributed by atoms with van der Waals surface area (Å²) in [6.45, 7) is 0. The highest BCUT2D eigenvalue weighted by Crippen LogP contribution is 2.41. The maximum atomic E-state index is 13.2. The molecular weight excluding hydrogens is 267 g/mol. The van der Waals surface area contributed by atoms with Crippen molar-refractivity contribution in [1.29, 1.82) is 0 Å². The SMILES string of the molecule is O[C@@H]1CC(c2cccc(Cl)c2)Oc2cc(F)ccc21. The molecular formula is C15H12ClFO2. The molecule has 19 heavy (non-hydrogen) atoms. The van der Waals surface area contributed by atoms with Gasteiger partial charge in [0.05, 0.1) is 6.10 Å². The number of aliphatic hydroxyl groups is 1. The van der Waals surface area contributed by atoms with E-state index >= 15 is 0 Å². The van der Waals surface area contributed by atoms with Crippen LogP contribution < -0.4 is 4.74 Å².